The van der Waals surface area contributed by atoms with E-state index in [1.54, 1.807) is 0 Å². The van der Waals surface area contributed by atoms with Gasteiger partial charge in [0.2, 0.25) is 0 Å². The Bertz CT molecular complexity index is 721. The quantitative estimate of drug-likeness (QED) is 0.714. The largest absolute Gasteiger partial charge is 0.393 e. The Morgan fingerprint density at radius 2 is 1.82 bits per heavy atom. The van der Waals surface area contributed by atoms with Crippen molar-refractivity contribution < 1.29 is 19.8 Å². The van der Waals surface area contributed by atoms with Crippen molar-refractivity contribution in [3.8, 4) is 12.8 Å². The van der Waals surface area contributed by atoms with Crippen molar-refractivity contribution in [3.63, 3.8) is 0 Å². The maximum atomic E-state index is 12.4. The van der Waals surface area contributed by atoms with Crippen LogP contribution in [0, 0.1) is 46.8 Å². The van der Waals surface area contributed by atoms with Crippen LogP contribution in [0.15, 0.2) is 11.6 Å². The minimum Gasteiger partial charge on any atom is -0.393 e. The van der Waals surface area contributed by atoms with E-state index in [1.807, 2.05) is 6.08 Å². The van der Waals surface area contributed by atoms with Crippen molar-refractivity contribution in [3.05, 3.63) is 11.6 Å². The van der Waals surface area contributed by atoms with Crippen molar-refractivity contribution in [1.82, 2.24) is 0 Å². The highest BCUT2D eigenvalue weighted by Gasteiger charge is 2.67. The van der Waals surface area contributed by atoms with Gasteiger partial charge in [-0.2, -0.15) is 0 Å². The van der Waals surface area contributed by atoms with Gasteiger partial charge in [0, 0.05) is 12.3 Å². The van der Waals surface area contributed by atoms with Crippen LogP contribution in [0.25, 0.3) is 0 Å². The molecule has 4 heteroatoms. The normalized spacial score (nSPS) is 47.0. The lowest BCUT2D eigenvalue weighted by molar-refractivity contribution is -0.179. The molecule has 4 nitrogen and oxygen atoms in total. The molecule has 3 saturated carbocycles. The van der Waals surface area contributed by atoms with Crippen LogP contribution in [-0.2, 0) is 9.59 Å². The molecule has 28 heavy (non-hydrogen) atoms. The number of rotatable bonds is 2. The van der Waals surface area contributed by atoms with Crippen molar-refractivity contribution >= 4 is 11.6 Å². The van der Waals surface area contributed by atoms with Crippen molar-refractivity contribution in [2.45, 2.75) is 71.8 Å². The second-order valence-corrected chi connectivity index (χ2v) is 10.1. The van der Waals surface area contributed by atoms with E-state index < -0.39 is 12.7 Å². The number of carbonyl (C=O) groups excluding carboxylic acids is 2. The molecular weight excluding hydrogens is 352 g/mol. The Labute approximate surface area is 168 Å². The number of carbonyl (C=O) groups is 2. The zero-order valence-electron chi connectivity index (χ0n) is 17.4. The van der Waals surface area contributed by atoms with Crippen molar-refractivity contribution in [2.24, 2.45) is 34.0 Å². The molecule has 2 N–H and O–H groups in total. The summed E-state index contributed by atoms with van der Waals surface area (Å²) in [6.45, 7) is 6.36. The Balaban J connectivity index is 0.00000109. The molecule has 154 valence electrons. The molecule has 3 fully saturated rings. The molecule has 4 rings (SSSR count). The average molecular weight is 387 g/mol. The predicted octanol–water partition coefficient (Wildman–Crippen LogP) is 3.31. The van der Waals surface area contributed by atoms with E-state index in [2.05, 4.69) is 33.6 Å². The van der Waals surface area contributed by atoms with Gasteiger partial charge in [-0.1, -0.05) is 26.3 Å². The van der Waals surface area contributed by atoms with E-state index in [0.29, 0.717) is 18.8 Å². The van der Waals surface area contributed by atoms with Gasteiger partial charge in [0.25, 0.3) is 0 Å². The summed E-state index contributed by atoms with van der Waals surface area (Å²) in [6.07, 6.45) is 15.2. The Morgan fingerprint density at radius 1 is 1.14 bits per heavy atom. The third-order valence-electron chi connectivity index (χ3n) is 9.00. The monoisotopic (exact) mass is 386 g/mol. The van der Waals surface area contributed by atoms with Crippen LogP contribution >= 0.6 is 0 Å². The van der Waals surface area contributed by atoms with Crippen LogP contribution in [0.2, 0.25) is 0 Å². The van der Waals surface area contributed by atoms with Crippen molar-refractivity contribution in [2.75, 3.05) is 6.61 Å². The van der Waals surface area contributed by atoms with Gasteiger partial charge in [-0.15, -0.1) is 12.8 Å². The number of hydrogen-bond acceptors (Lipinski definition) is 4. The Kier molecular flexibility index (Phi) is 5.40. The molecule has 0 heterocycles. The fourth-order valence-electron chi connectivity index (χ4n) is 8.04. The summed E-state index contributed by atoms with van der Waals surface area (Å²) >= 11 is 0. The van der Waals surface area contributed by atoms with E-state index in [4.69, 9.17) is 0 Å². The van der Waals surface area contributed by atoms with E-state index in [0.717, 1.165) is 32.1 Å². The average Bonchev–Trinajstić information content (AvgIpc) is 3.00. The summed E-state index contributed by atoms with van der Waals surface area (Å²) in [5, 5.41) is 20.8. The molecule has 0 amide bonds. The molecule has 0 saturated heterocycles. The lowest BCUT2D eigenvalue weighted by atomic mass is 9.40. The summed E-state index contributed by atoms with van der Waals surface area (Å²) < 4.78 is 0. The molecule has 7 atom stereocenters. The van der Waals surface area contributed by atoms with Gasteiger partial charge in [0.05, 0.1) is 6.10 Å². The summed E-state index contributed by atoms with van der Waals surface area (Å²) in [6, 6.07) is 0. The first-order valence-corrected chi connectivity index (χ1v) is 10.6. The Hall–Kier alpha value is -1.44. The fourth-order valence-corrected chi connectivity index (χ4v) is 8.04. The summed E-state index contributed by atoms with van der Waals surface area (Å²) in [5.41, 5.74) is 0.872. The van der Waals surface area contributed by atoms with E-state index >= 15 is 0 Å². The van der Waals surface area contributed by atoms with E-state index in [9.17, 15) is 19.8 Å². The number of ketones is 2. The second-order valence-electron chi connectivity index (χ2n) is 10.1. The molecule has 0 aromatic carbocycles. The number of allylic oxidation sites excluding steroid dienone is 1. The predicted molar refractivity (Wildman–Crippen MR) is 108 cm³/mol. The molecule has 0 spiro atoms. The zero-order valence-corrected chi connectivity index (χ0v) is 17.4. The topological polar surface area (TPSA) is 74.6 Å². The zero-order chi connectivity index (χ0) is 20.9. The third kappa shape index (κ3) is 2.74. The number of aliphatic hydroxyl groups excluding tert-OH is 2. The lowest BCUT2D eigenvalue weighted by Gasteiger charge is -2.65. The molecule has 0 radical (unpaired) electrons. The molecular formula is C24H34O4. The van der Waals surface area contributed by atoms with Gasteiger partial charge in [0.15, 0.2) is 11.6 Å². The highest BCUT2D eigenvalue weighted by Crippen LogP contribution is 2.71. The Morgan fingerprint density at radius 3 is 2.46 bits per heavy atom. The van der Waals surface area contributed by atoms with E-state index in [1.165, 1.54) is 5.57 Å². The fraction of sp³-hybridized carbons (Fsp3) is 0.750. The molecule has 7 unspecified atom stereocenters. The number of fused-ring (bicyclic) bond motifs is 5. The number of Topliss-reactive ketones (excluding diaryl/α,β-unsaturated/α-hetero) is 1. The minimum atomic E-state index is -0.463. The number of terminal acetylenes is 1. The van der Waals surface area contributed by atoms with Gasteiger partial charge >= 0.3 is 0 Å². The molecule has 4 aliphatic carbocycles. The standard InChI is InChI=1S/C22H32O4.C2H2/c1-20-9-7-14(24)10-13(20)6-8-21(2)18-5-4-15(17(26)12-23)22(18,3)11-16(25)19(20)21;1-2/h10,15-16,18-19,23,25H,4-9,11-12H2,1-3H3;1-2H. The molecule has 0 aliphatic heterocycles. The highest BCUT2D eigenvalue weighted by atomic mass is 16.3. The van der Waals surface area contributed by atoms with Crippen molar-refractivity contribution in [1.29, 1.82) is 0 Å². The van der Waals surface area contributed by atoms with Crippen LogP contribution in [0.3, 0.4) is 0 Å². The molecule has 0 bridgehead atoms. The molecule has 4 aliphatic rings. The summed E-state index contributed by atoms with van der Waals surface area (Å²) in [5.74, 6) is 0.562. The van der Waals surface area contributed by atoms with E-state index in [-0.39, 0.29) is 39.6 Å². The first kappa shape index (κ1) is 21.3. The molecule has 0 aromatic heterocycles. The van der Waals surface area contributed by atoms with Gasteiger partial charge in [-0.05, 0) is 72.7 Å². The summed E-state index contributed by atoms with van der Waals surface area (Å²) in [7, 11) is 0. The first-order valence-electron chi connectivity index (χ1n) is 10.6. The second kappa shape index (κ2) is 7.11. The third-order valence-corrected chi connectivity index (χ3v) is 9.00. The van der Waals surface area contributed by atoms with Crippen LogP contribution in [0.1, 0.15) is 65.7 Å². The van der Waals surface area contributed by atoms with Crippen LogP contribution < -0.4 is 0 Å². The smallest absolute Gasteiger partial charge is 0.161 e. The van der Waals surface area contributed by atoms with Crippen LogP contribution in [0.4, 0.5) is 0 Å². The number of hydrogen-bond donors (Lipinski definition) is 2. The van der Waals surface area contributed by atoms with Crippen LogP contribution in [-0.4, -0.2) is 34.5 Å². The maximum absolute atomic E-state index is 12.4. The molecule has 0 aromatic rings. The first-order chi connectivity index (χ1) is 13.2. The number of aliphatic hydroxyl groups is 2. The maximum Gasteiger partial charge on any atom is 0.161 e. The SMILES string of the molecule is C#C.CC12CCC(=O)C=C1CCC1(C)C2C(O)CC2(C)C(C(=O)CO)CCC21. The van der Waals surface area contributed by atoms with Gasteiger partial charge in [0.1, 0.15) is 6.61 Å². The van der Waals surface area contributed by atoms with Gasteiger partial charge in [-0.3, -0.25) is 9.59 Å². The van der Waals surface area contributed by atoms with Gasteiger partial charge < -0.3 is 10.2 Å². The summed E-state index contributed by atoms with van der Waals surface area (Å²) in [4.78, 5) is 24.4. The van der Waals surface area contributed by atoms with Crippen LogP contribution in [0.5, 0.6) is 0 Å². The van der Waals surface area contributed by atoms with Gasteiger partial charge in [-0.25, -0.2) is 0 Å². The highest BCUT2D eigenvalue weighted by molar-refractivity contribution is 5.91. The lowest BCUT2D eigenvalue weighted by Crippen LogP contribution is -2.62. The minimum absolute atomic E-state index is 0.0244.